The van der Waals surface area contributed by atoms with E-state index >= 15 is 0 Å². The number of ether oxygens (including phenoxy) is 2. The van der Waals surface area contributed by atoms with Crippen LogP contribution in [-0.4, -0.2) is 33.5 Å². The Bertz CT molecular complexity index is 834. The number of rotatable bonds is 6. The zero-order valence-electron chi connectivity index (χ0n) is 12.4. The summed E-state index contributed by atoms with van der Waals surface area (Å²) in [6.45, 7) is -0.109. The molecular weight excluding hydrogens is 358 g/mol. The minimum Gasteiger partial charge on any atom is -0.468 e. The number of carbonyl (C=O) groups excluding carboxylic acids is 1. The molecule has 1 N–H and O–H groups in total. The van der Waals surface area contributed by atoms with Crippen molar-refractivity contribution in [3.05, 3.63) is 42.4 Å². The first-order valence-corrected chi connectivity index (χ1v) is 9.10. The predicted octanol–water partition coefficient (Wildman–Crippen LogP) is 1.88. The van der Waals surface area contributed by atoms with Crippen molar-refractivity contribution in [1.82, 2.24) is 5.32 Å². The summed E-state index contributed by atoms with van der Waals surface area (Å²) in [5.41, 5.74) is 0. The largest absolute Gasteiger partial charge is 0.468 e. The molecule has 1 aliphatic heterocycles. The van der Waals surface area contributed by atoms with Gasteiger partial charge in [-0.2, -0.15) is 0 Å². The quantitative estimate of drug-likeness (QED) is 0.779. The van der Waals surface area contributed by atoms with Gasteiger partial charge in [0, 0.05) is 12.6 Å². The number of benzene rings is 1. The van der Waals surface area contributed by atoms with Gasteiger partial charge in [-0.05, 0) is 24.3 Å². The van der Waals surface area contributed by atoms with Crippen LogP contribution in [0.25, 0.3) is 0 Å². The molecule has 1 aliphatic rings. The van der Waals surface area contributed by atoms with E-state index in [1.807, 2.05) is 0 Å². The van der Waals surface area contributed by atoms with Crippen LogP contribution in [0.15, 0.2) is 45.9 Å². The Morgan fingerprint density at radius 1 is 1.25 bits per heavy atom. The highest BCUT2D eigenvalue weighted by molar-refractivity contribution is 7.91. The topological polar surface area (TPSA) is 94.8 Å². The molecule has 0 unspecified atom stereocenters. The molecule has 0 fully saturated rings. The van der Waals surface area contributed by atoms with E-state index in [4.69, 9.17) is 25.5 Å². The van der Waals surface area contributed by atoms with Crippen molar-refractivity contribution in [2.45, 2.75) is 10.1 Å². The van der Waals surface area contributed by atoms with Gasteiger partial charge in [-0.1, -0.05) is 0 Å². The van der Waals surface area contributed by atoms with Crippen molar-refractivity contribution >= 4 is 27.3 Å². The predicted molar refractivity (Wildman–Crippen MR) is 84.9 cm³/mol. The molecule has 2 heterocycles. The molecule has 24 heavy (non-hydrogen) atoms. The van der Waals surface area contributed by atoms with Crippen LogP contribution < -0.4 is 14.8 Å². The highest BCUT2D eigenvalue weighted by Crippen LogP contribution is 2.37. The summed E-state index contributed by atoms with van der Waals surface area (Å²) >= 11 is 5.44. The fourth-order valence-electron chi connectivity index (χ4n) is 2.31. The highest BCUT2D eigenvalue weighted by atomic mass is 35.5. The first kappa shape index (κ1) is 16.7. The van der Waals surface area contributed by atoms with Gasteiger partial charge in [0.1, 0.15) is 16.9 Å². The minimum atomic E-state index is -3.84. The van der Waals surface area contributed by atoms with E-state index in [0.29, 0.717) is 11.5 Å². The number of furan rings is 1. The molecule has 1 aromatic heterocycles. The molecule has 9 heteroatoms. The van der Waals surface area contributed by atoms with Gasteiger partial charge in [-0.25, -0.2) is 8.42 Å². The zero-order chi connectivity index (χ0) is 17.2. The number of carbonyl (C=O) groups is 1. The van der Waals surface area contributed by atoms with Crippen LogP contribution in [0.5, 0.6) is 11.5 Å². The highest BCUT2D eigenvalue weighted by Gasteiger charge is 2.33. The summed E-state index contributed by atoms with van der Waals surface area (Å²) < 4.78 is 41.6. The number of fused-ring (bicyclic) bond motifs is 1. The summed E-state index contributed by atoms with van der Waals surface area (Å²) in [6, 6.07) is 7.49. The maximum atomic E-state index is 13.0. The summed E-state index contributed by atoms with van der Waals surface area (Å²) in [4.78, 5) is 11.4. The van der Waals surface area contributed by atoms with Gasteiger partial charge in [-0.3, -0.25) is 4.79 Å². The first-order valence-electron chi connectivity index (χ1n) is 7.02. The van der Waals surface area contributed by atoms with Crippen molar-refractivity contribution < 1.29 is 27.1 Å². The average Bonchev–Trinajstić information content (AvgIpc) is 3.25. The van der Waals surface area contributed by atoms with Crippen LogP contribution in [-0.2, 0) is 14.6 Å². The standard InChI is InChI=1S/C15H14ClNO6S/c16-7-15(18)17-8-14(12-2-1-5-21-12)24(19,20)10-3-4-11-13(6-10)23-9-22-11/h1-6,14H,7-9H2,(H,17,18)/t14-/m0/s1. The van der Waals surface area contributed by atoms with Crippen LogP contribution in [0, 0.1) is 0 Å². The third-order valence-corrected chi connectivity index (χ3v) is 5.82. The maximum absolute atomic E-state index is 13.0. The van der Waals surface area contributed by atoms with Gasteiger partial charge in [0.25, 0.3) is 0 Å². The molecule has 0 radical (unpaired) electrons. The lowest BCUT2D eigenvalue weighted by molar-refractivity contribution is -0.118. The van der Waals surface area contributed by atoms with E-state index < -0.39 is 21.0 Å². The second-order valence-electron chi connectivity index (χ2n) is 5.00. The van der Waals surface area contributed by atoms with Crippen molar-refractivity contribution in [1.29, 1.82) is 0 Å². The number of amides is 1. The Hall–Kier alpha value is -2.19. The minimum absolute atomic E-state index is 0.0478. The molecule has 0 saturated heterocycles. The molecule has 3 rings (SSSR count). The molecule has 1 aromatic carbocycles. The number of halogens is 1. The molecule has 0 bridgehead atoms. The molecule has 0 aliphatic carbocycles. The Labute approximate surface area is 143 Å². The normalized spacial score (nSPS) is 14.4. The molecule has 7 nitrogen and oxygen atoms in total. The van der Waals surface area contributed by atoms with E-state index in [0.717, 1.165) is 0 Å². The fraction of sp³-hybridized carbons (Fsp3) is 0.267. The van der Waals surface area contributed by atoms with Crippen LogP contribution in [0.4, 0.5) is 0 Å². The van der Waals surface area contributed by atoms with E-state index in [-0.39, 0.29) is 29.9 Å². The Morgan fingerprint density at radius 2 is 2.04 bits per heavy atom. The lowest BCUT2D eigenvalue weighted by Gasteiger charge is -2.16. The third kappa shape index (κ3) is 3.20. The van der Waals surface area contributed by atoms with Gasteiger partial charge in [0.15, 0.2) is 21.3 Å². The number of nitrogens with one attached hydrogen (secondary N) is 1. The van der Waals surface area contributed by atoms with Gasteiger partial charge < -0.3 is 19.2 Å². The van der Waals surface area contributed by atoms with Crippen molar-refractivity contribution in [2.24, 2.45) is 0 Å². The van der Waals surface area contributed by atoms with Gasteiger partial charge in [0.2, 0.25) is 12.7 Å². The van der Waals surface area contributed by atoms with Gasteiger partial charge in [-0.15, -0.1) is 11.6 Å². The van der Waals surface area contributed by atoms with Crippen LogP contribution in [0.1, 0.15) is 11.0 Å². The van der Waals surface area contributed by atoms with Gasteiger partial charge in [0.05, 0.1) is 11.2 Å². The zero-order valence-corrected chi connectivity index (χ0v) is 14.0. The van der Waals surface area contributed by atoms with E-state index in [1.54, 1.807) is 12.1 Å². The second-order valence-corrected chi connectivity index (χ2v) is 7.40. The molecule has 1 atom stereocenters. The monoisotopic (exact) mass is 371 g/mol. The van der Waals surface area contributed by atoms with E-state index in [2.05, 4.69) is 5.32 Å². The van der Waals surface area contributed by atoms with E-state index in [9.17, 15) is 13.2 Å². The third-order valence-electron chi connectivity index (χ3n) is 3.51. The lowest BCUT2D eigenvalue weighted by atomic mass is 10.3. The van der Waals surface area contributed by atoms with Crippen LogP contribution in [0.3, 0.4) is 0 Å². The van der Waals surface area contributed by atoms with Gasteiger partial charge >= 0.3 is 0 Å². The fourth-order valence-corrected chi connectivity index (χ4v) is 4.00. The average molecular weight is 372 g/mol. The molecule has 128 valence electrons. The SMILES string of the molecule is O=C(CCl)NC[C@@H](c1ccco1)S(=O)(=O)c1ccc2c(c1)OCO2. The van der Waals surface area contributed by atoms with Crippen LogP contribution >= 0.6 is 11.6 Å². The summed E-state index contributed by atoms with van der Waals surface area (Å²) in [7, 11) is -3.84. The molecule has 0 spiro atoms. The maximum Gasteiger partial charge on any atom is 0.234 e. The van der Waals surface area contributed by atoms with Crippen molar-refractivity contribution in [3.8, 4) is 11.5 Å². The Balaban J connectivity index is 1.94. The number of sulfone groups is 1. The molecular formula is C15H14ClNO6S. The summed E-state index contributed by atoms with van der Waals surface area (Å²) in [5.74, 6) is 0.351. The molecule has 0 saturated carbocycles. The van der Waals surface area contributed by atoms with E-state index in [1.165, 1.54) is 24.5 Å². The number of hydrogen-bond donors (Lipinski definition) is 1. The number of hydrogen-bond acceptors (Lipinski definition) is 6. The molecule has 1 amide bonds. The first-order chi connectivity index (χ1) is 11.5. The van der Waals surface area contributed by atoms with Crippen molar-refractivity contribution in [2.75, 3.05) is 19.2 Å². The second kappa shape index (κ2) is 6.74. The smallest absolute Gasteiger partial charge is 0.234 e. The number of alkyl halides is 1. The van der Waals surface area contributed by atoms with Crippen LogP contribution in [0.2, 0.25) is 0 Å². The summed E-state index contributed by atoms with van der Waals surface area (Å²) in [6.07, 6.45) is 1.38. The Kier molecular flexibility index (Phi) is 4.68. The Morgan fingerprint density at radius 3 is 2.75 bits per heavy atom. The summed E-state index contributed by atoms with van der Waals surface area (Å²) in [5, 5.41) is 1.40. The van der Waals surface area contributed by atoms with Crippen molar-refractivity contribution in [3.63, 3.8) is 0 Å². The lowest BCUT2D eigenvalue weighted by Crippen LogP contribution is -2.32. The molecule has 2 aromatic rings.